The summed E-state index contributed by atoms with van der Waals surface area (Å²) in [6.45, 7) is 7.06. The van der Waals surface area contributed by atoms with Gasteiger partial charge < -0.3 is 14.7 Å². The van der Waals surface area contributed by atoms with E-state index in [4.69, 9.17) is 4.74 Å². The van der Waals surface area contributed by atoms with Gasteiger partial charge in [0.1, 0.15) is 5.82 Å². The molecule has 0 radical (unpaired) electrons. The SMILES string of the molecule is Cc1nccnc1N1CCC2(CC1)c1ccccc1[C@@H](N1CCOCC1)[C@@H]2O. The molecule has 1 aromatic heterocycles. The highest BCUT2D eigenvalue weighted by molar-refractivity contribution is 5.49. The van der Waals surface area contributed by atoms with Crippen molar-refractivity contribution in [3.63, 3.8) is 0 Å². The van der Waals surface area contributed by atoms with Gasteiger partial charge in [0.15, 0.2) is 0 Å². The molecule has 3 heterocycles. The molecule has 148 valence electrons. The Kier molecular flexibility index (Phi) is 4.57. The molecule has 1 spiro atoms. The van der Waals surface area contributed by atoms with Crippen LogP contribution in [-0.2, 0) is 10.2 Å². The number of aromatic nitrogens is 2. The number of rotatable bonds is 2. The summed E-state index contributed by atoms with van der Waals surface area (Å²) in [7, 11) is 0. The van der Waals surface area contributed by atoms with E-state index >= 15 is 0 Å². The van der Waals surface area contributed by atoms with E-state index in [-0.39, 0.29) is 17.6 Å². The Balaban J connectivity index is 1.44. The molecule has 2 aromatic rings. The number of benzene rings is 1. The van der Waals surface area contributed by atoms with Crippen LogP contribution in [0.4, 0.5) is 5.82 Å². The highest BCUT2D eigenvalue weighted by atomic mass is 16.5. The Morgan fingerprint density at radius 3 is 2.50 bits per heavy atom. The molecule has 5 rings (SSSR count). The van der Waals surface area contributed by atoms with Crippen LogP contribution in [0.25, 0.3) is 0 Å². The number of anilines is 1. The Hall–Kier alpha value is -2.02. The Bertz CT molecular complexity index is 844. The van der Waals surface area contributed by atoms with Crippen LogP contribution in [0, 0.1) is 6.92 Å². The molecule has 28 heavy (non-hydrogen) atoms. The zero-order valence-corrected chi connectivity index (χ0v) is 16.4. The largest absolute Gasteiger partial charge is 0.390 e. The highest BCUT2D eigenvalue weighted by Gasteiger charge is 2.54. The van der Waals surface area contributed by atoms with Gasteiger partial charge in [0, 0.05) is 44.0 Å². The molecule has 0 saturated carbocycles. The van der Waals surface area contributed by atoms with Gasteiger partial charge >= 0.3 is 0 Å². The maximum atomic E-state index is 11.6. The summed E-state index contributed by atoms with van der Waals surface area (Å²) in [6.07, 6.45) is 4.99. The van der Waals surface area contributed by atoms with E-state index in [0.717, 1.165) is 63.7 Å². The molecular weight excluding hydrogens is 352 g/mol. The third-order valence-electron chi connectivity index (χ3n) is 6.93. The molecule has 0 bridgehead atoms. The first kappa shape index (κ1) is 18.0. The lowest BCUT2D eigenvalue weighted by molar-refractivity contribution is -0.0417. The van der Waals surface area contributed by atoms with Crippen LogP contribution < -0.4 is 4.90 Å². The van der Waals surface area contributed by atoms with Crippen molar-refractivity contribution in [2.24, 2.45) is 0 Å². The molecular formula is C22H28N4O2. The predicted molar refractivity (Wildman–Crippen MR) is 107 cm³/mol. The molecule has 0 amide bonds. The Morgan fingerprint density at radius 1 is 1.04 bits per heavy atom. The summed E-state index contributed by atoms with van der Waals surface area (Å²) in [5.74, 6) is 0.975. The van der Waals surface area contributed by atoms with E-state index in [2.05, 4.69) is 44.0 Å². The molecule has 6 nitrogen and oxygen atoms in total. The quantitative estimate of drug-likeness (QED) is 0.861. The second kappa shape index (κ2) is 7.10. The number of hydrogen-bond donors (Lipinski definition) is 1. The summed E-state index contributed by atoms with van der Waals surface area (Å²) in [4.78, 5) is 13.7. The first-order chi connectivity index (χ1) is 13.7. The van der Waals surface area contributed by atoms with Crippen LogP contribution in [0.3, 0.4) is 0 Å². The van der Waals surface area contributed by atoms with Gasteiger partial charge in [0.2, 0.25) is 0 Å². The minimum absolute atomic E-state index is 0.0740. The van der Waals surface area contributed by atoms with Crippen molar-refractivity contribution < 1.29 is 9.84 Å². The van der Waals surface area contributed by atoms with Gasteiger partial charge in [-0.2, -0.15) is 0 Å². The summed E-state index contributed by atoms with van der Waals surface area (Å²) >= 11 is 0. The van der Waals surface area contributed by atoms with Gasteiger partial charge in [0.25, 0.3) is 0 Å². The number of aryl methyl sites for hydroxylation is 1. The standard InChI is InChI=1S/C22H28N4O2/c1-16-21(24-9-8-23-16)26-10-6-22(7-11-26)18-5-3-2-4-17(18)19(20(22)27)25-12-14-28-15-13-25/h2-5,8-9,19-20,27H,6-7,10-15H2,1H3/t19-,20+/m1/s1. The second-order valence-electron chi connectivity index (χ2n) is 8.23. The maximum absolute atomic E-state index is 11.6. The topological polar surface area (TPSA) is 61.7 Å². The fraction of sp³-hybridized carbons (Fsp3) is 0.545. The average Bonchev–Trinajstić information content (AvgIpc) is 2.98. The fourth-order valence-electron chi connectivity index (χ4n) is 5.49. The van der Waals surface area contributed by atoms with Gasteiger partial charge in [-0.15, -0.1) is 0 Å². The molecule has 0 unspecified atom stereocenters. The maximum Gasteiger partial charge on any atom is 0.150 e. The molecule has 1 N–H and O–H groups in total. The summed E-state index contributed by atoms with van der Waals surface area (Å²) in [5, 5.41) is 11.6. The molecule has 2 saturated heterocycles. The lowest BCUT2D eigenvalue weighted by Crippen LogP contribution is -2.51. The summed E-state index contributed by atoms with van der Waals surface area (Å²) in [6, 6.07) is 8.75. The third kappa shape index (κ3) is 2.74. The number of morpholine rings is 1. The highest BCUT2D eigenvalue weighted by Crippen LogP contribution is 2.53. The molecule has 1 aromatic carbocycles. The van der Waals surface area contributed by atoms with E-state index in [0.29, 0.717) is 0 Å². The number of piperidine rings is 1. The van der Waals surface area contributed by atoms with E-state index in [9.17, 15) is 5.11 Å². The molecule has 6 heteroatoms. The van der Waals surface area contributed by atoms with Crippen molar-refractivity contribution in [1.29, 1.82) is 0 Å². The summed E-state index contributed by atoms with van der Waals surface area (Å²) < 4.78 is 5.55. The van der Waals surface area contributed by atoms with Gasteiger partial charge in [-0.25, -0.2) is 4.98 Å². The smallest absolute Gasteiger partial charge is 0.150 e. The van der Waals surface area contributed by atoms with Gasteiger partial charge in [0.05, 0.1) is 31.1 Å². The number of aliphatic hydroxyl groups is 1. The first-order valence-electron chi connectivity index (χ1n) is 10.3. The van der Waals surface area contributed by atoms with E-state index < -0.39 is 0 Å². The Labute approximate surface area is 166 Å². The van der Waals surface area contributed by atoms with Gasteiger partial charge in [-0.1, -0.05) is 24.3 Å². The normalized spacial score (nSPS) is 27.1. The van der Waals surface area contributed by atoms with E-state index in [1.54, 1.807) is 12.4 Å². The molecule has 2 aliphatic heterocycles. The van der Waals surface area contributed by atoms with Crippen molar-refractivity contribution >= 4 is 5.82 Å². The first-order valence-corrected chi connectivity index (χ1v) is 10.3. The minimum atomic E-state index is -0.381. The number of nitrogens with zero attached hydrogens (tertiary/aromatic N) is 4. The molecule has 2 atom stereocenters. The van der Waals surface area contributed by atoms with Crippen LogP contribution in [0.1, 0.15) is 35.7 Å². The molecule has 2 fully saturated rings. The number of fused-ring (bicyclic) bond motifs is 2. The van der Waals surface area contributed by atoms with E-state index in [1.807, 2.05) is 6.92 Å². The van der Waals surface area contributed by atoms with Crippen molar-refractivity contribution in [2.45, 2.75) is 37.3 Å². The van der Waals surface area contributed by atoms with Crippen LogP contribution in [0.2, 0.25) is 0 Å². The van der Waals surface area contributed by atoms with Gasteiger partial charge in [-0.05, 0) is 30.9 Å². The van der Waals surface area contributed by atoms with Crippen LogP contribution in [0.15, 0.2) is 36.7 Å². The Morgan fingerprint density at radius 2 is 1.75 bits per heavy atom. The van der Waals surface area contributed by atoms with Crippen LogP contribution >= 0.6 is 0 Å². The molecule has 1 aliphatic carbocycles. The number of ether oxygens (including phenoxy) is 1. The van der Waals surface area contributed by atoms with Gasteiger partial charge in [-0.3, -0.25) is 9.88 Å². The zero-order valence-electron chi connectivity index (χ0n) is 16.4. The third-order valence-corrected chi connectivity index (χ3v) is 6.93. The lowest BCUT2D eigenvalue weighted by Gasteiger charge is -2.44. The zero-order chi connectivity index (χ0) is 19.1. The van der Waals surface area contributed by atoms with Crippen molar-refractivity contribution in [2.75, 3.05) is 44.3 Å². The van der Waals surface area contributed by atoms with Crippen LogP contribution in [-0.4, -0.2) is 65.5 Å². The number of aliphatic hydroxyl groups excluding tert-OH is 1. The lowest BCUT2D eigenvalue weighted by atomic mass is 9.72. The average molecular weight is 380 g/mol. The fourth-order valence-corrected chi connectivity index (χ4v) is 5.49. The van der Waals surface area contributed by atoms with Crippen LogP contribution in [0.5, 0.6) is 0 Å². The van der Waals surface area contributed by atoms with E-state index in [1.165, 1.54) is 11.1 Å². The minimum Gasteiger partial charge on any atom is -0.390 e. The van der Waals surface area contributed by atoms with Crippen molar-refractivity contribution in [3.05, 3.63) is 53.5 Å². The van der Waals surface area contributed by atoms with Crippen molar-refractivity contribution in [3.8, 4) is 0 Å². The summed E-state index contributed by atoms with van der Waals surface area (Å²) in [5.41, 5.74) is 3.44. The monoisotopic (exact) mass is 380 g/mol. The second-order valence-corrected chi connectivity index (χ2v) is 8.23. The predicted octanol–water partition coefficient (Wildman–Crippen LogP) is 2.07. The number of hydrogen-bond acceptors (Lipinski definition) is 6. The molecule has 3 aliphatic rings. The van der Waals surface area contributed by atoms with Crippen molar-refractivity contribution in [1.82, 2.24) is 14.9 Å².